The summed E-state index contributed by atoms with van der Waals surface area (Å²) in [6.07, 6.45) is -21.6. The molecule has 2 heterocycles. The lowest BCUT2D eigenvalue weighted by molar-refractivity contribution is -0.145. The highest BCUT2D eigenvalue weighted by Gasteiger charge is 2.51. The molecular formula is C24H12Cl2F14N6S. The number of benzene rings is 2. The first-order valence-corrected chi connectivity index (χ1v) is 13.8. The first kappa shape index (κ1) is 36.5. The quantitative estimate of drug-likeness (QED) is 0.184. The van der Waals surface area contributed by atoms with E-state index < -0.39 is 114 Å². The molecule has 256 valence electrons. The zero-order chi connectivity index (χ0) is 35.6. The molecule has 0 aliphatic rings. The van der Waals surface area contributed by atoms with E-state index in [0.29, 0.717) is 24.3 Å². The van der Waals surface area contributed by atoms with E-state index in [9.17, 15) is 61.5 Å². The number of aryl methyl sites for hydroxylation is 2. The Hall–Kier alpha value is -3.33. The lowest BCUT2D eigenvalue weighted by Gasteiger charge is -2.29. The van der Waals surface area contributed by atoms with Crippen molar-refractivity contribution < 1.29 is 61.5 Å². The second-order valence-corrected chi connectivity index (χ2v) is 11.4. The van der Waals surface area contributed by atoms with Crippen LogP contribution in [0, 0.1) is 25.5 Å². The SMILES string of the molecule is Cc1cc(F)c(-n2nc(C(F)(F)F)nc2Cl)cc1C(SC(c1cc(-n2nc(C(F)(F)F)nc2Cl)c(F)cc1C)C(F)(F)F)C(F)(F)F. The van der Waals surface area contributed by atoms with Gasteiger partial charge in [-0.25, -0.2) is 8.78 Å². The maximum Gasteiger partial charge on any atom is 0.453 e. The minimum atomic E-state index is -5.56. The van der Waals surface area contributed by atoms with Crippen LogP contribution in [0.4, 0.5) is 61.5 Å². The summed E-state index contributed by atoms with van der Waals surface area (Å²) in [6.45, 7) is 1.75. The van der Waals surface area contributed by atoms with E-state index in [0.717, 1.165) is 13.8 Å². The van der Waals surface area contributed by atoms with Crippen molar-refractivity contribution in [1.29, 1.82) is 0 Å². The lowest BCUT2D eigenvalue weighted by atomic mass is 10.0. The number of hydrogen-bond donors (Lipinski definition) is 0. The normalized spacial score (nSPS) is 14.5. The minimum Gasteiger partial charge on any atom is -0.205 e. The monoisotopic (exact) mass is 752 g/mol. The first-order chi connectivity index (χ1) is 21.3. The Labute approximate surface area is 266 Å². The van der Waals surface area contributed by atoms with Crippen LogP contribution in [-0.2, 0) is 12.4 Å². The zero-order valence-corrected chi connectivity index (χ0v) is 24.9. The number of thioether (sulfide) groups is 1. The van der Waals surface area contributed by atoms with Crippen molar-refractivity contribution in [3.8, 4) is 11.4 Å². The smallest absolute Gasteiger partial charge is 0.205 e. The summed E-state index contributed by atoms with van der Waals surface area (Å²) in [5.41, 5.74) is -5.58. The number of alkyl halides is 12. The Morgan fingerprint density at radius 1 is 0.596 bits per heavy atom. The van der Waals surface area contributed by atoms with Crippen LogP contribution in [0.25, 0.3) is 11.4 Å². The maximum absolute atomic E-state index is 14.9. The Morgan fingerprint density at radius 2 is 0.915 bits per heavy atom. The Kier molecular flexibility index (Phi) is 9.54. The van der Waals surface area contributed by atoms with Crippen LogP contribution in [0.15, 0.2) is 24.3 Å². The fraction of sp³-hybridized carbons (Fsp3) is 0.333. The number of nitrogens with zero attached hydrogens (tertiary/aromatic N) is 6. The fourth-order valence-electron chi connectivity index (χ4n) is 4.17. The summed E-state index contributed by atoms with van der Waals surface area (Å²) in [6, 6.07) is 1.37. The zero-order valence-electron chi connectivity index (χ0n) is 22.6. The topological polar surface area (TPSA) is 61.4 Å². The van der Waals surface area contributed by atoms with Crippen LogP contribution >= 0.6 is 35.0 Å². The third-order valence-electron chi connectivity index (χ3n) is 6.20. The highest BCUT2D eigenvalue weighted by molar-refractivity contribution is 7.99. The van der Waals surface area contributed by atoms with Gasteiger partial charge in [0.2, 0.25) is 10.6 Å². The van der Waals surface area contributed by atoms with Crippen molar-refractivity contribution in [1.82, 2.24) is 29.5 Å². The highest BCUT2D eigenvalue weighted by Crippen LogP contribution is 2.56. The number of hydrogen-bond acceptors (Lipinski definition) is 5. The van der Waals surface area contributed by atoms with Gasteiger partial charge in [0.05, 0.1) is 0 Å². The summed E-state index contributed by atoms with van der Waals surface area (Å²) < 4.78 is 195. The maximum atomic E-state index is 14.9. The fourth-order valence-corrected chi connectivity index (χ4v) is 5.97. The van der Waals surface area contributed by atoms with Gasteiger partial charge in [-0.05, 0) is 83.6 Å². The van der Waals surface area contributed by atoms with Gasteiger partial charge >= 0.3 is 24.7 Å². The molecular weight excluding hydrogens is 741 g/mol. The van der Waals surface area contributed by atoms with Crippen LogP contribution in [0.5, 0.6) is 0 Å². The van der Waals surface area contributed by atoms with Gasteiger partial charge in [-0.1, -0.05) is 0 Å². The second kappa shape index (κ2) is 12.3. The molecule has 0 N–H and O–H groups in total. The molecule has 0 saturated carbocycles. The van der Waals surface area contributed by atoms with Crippen LogP contribution in [0.1, 0.15) is 44.4 Å². The molecule has 0 fully saturated rings. The molecule has 0 spiro atoms. The average molecular weight is 753 g/mol. The largest absolute Gasteiger partial charge is 0.453 e. The van der Waals surface area contributed by atoms with Gasteiger partial charge in [0.25, 0.3) is 11.6 Å². The van der Waals surface area contributed by atoms with E-state index in [2.05, 4.69) is 20.2 Å². The molecule has 2 unspecified atom stereocenters. The second-order valence-electron chi connectivity index (χ2n) is 9.53. The lowest BCUT2D eigenvalue weighted by Crippen LogP contribution is -2.26. The molecule has 2 aromatic carbocycles. The number of aromatic nitrogens is 6. The Morgan fingerprint density at radius 3 is 1.17 bits per heavy atom. The number of halogens is 16. The van der Waals surface area contributed by atoms with Crippen LogP contribution in [-0.4, -0.2) is 41.9 Å². The molecule has 2 aromatic heterocycles. The summed E-state index contributed by atoms with van der Waals surface area (Å²) in [5, 5.41) is -2.80. The molecule has 0 amide bonds. The van der Waals surface area contributed by atoms with E-state index in [-0.39, 0.29) is 9.36 Å². The molecule has 23 heteroatoms. The standard InChI is InChI=1S/C24H12Cl2F14N6S/c1-7-3-11(27)13(45-19(25)41-17(43-45)23(35,36)37)5-9(7)15(21(29,30)31)47-16(22(32,33)34)10-6-14(12(28)4-8(10)2)46-20(26)42-18(44-46)24(38,39)40/h3-6,15-16H,1-2H3. The molecule has 2 atom stereocenters. The molecule has 0 saturated heterocycles. The summed E-state index contributed by atoms with van der Waals surface area (Å²) in [5.74, 6) is -6.74. The van der Waals surface area contributed by atoms with Gasteiger partial charge in [0, 0.05) is 0 Å². The Balaban J connectivity index is 1.88. The van der Waals surface area contributed by atoms with Gasteiger partial charge in [-0.15, -0.1) is 22.0 Å². The van der Waals surface area contributed by atoms with Gasteiger partial charge in [-0.2, -0.15) is 72.0 Å². The van der Waals surface area contributed by atoms with E-state index in [1.807, 2.05) is 0 Å². The van der Waals surface area contributed by atoms with Gasteiger partial charge < -0.3 is 0 Å². The van der Waals surface area contributed by atoms with Crippen LogP contribution in [0.2, 0.25) is 10.6 Å². The van der Waals surface area contributed by atoms with E-state index in [4.69, 9.17) is 23.2 Å². The highest BCUT2D eigenvalue weighted by atomic mass is 35.5. The van der Waals surface area contributed by atoms with Crippen LogP contribution < -0.4 is 0 Å². The van der Waals surface area contributed by atoms with Crippen molar-refractivity contribution in [2.24, 2.45) is 0 Å². The molecule has 0 bridgehead atoms. The predicted octanol–water partition coefficient (Wildman–Crippen LogP) is 9.73. The van der Waals surface area contributed by atoms with E-state index in [1.165, 1.54) is 0 Å². The summed E-state index contributed by atoms with van der Waals surface area (Å²) in [7, 11) is 0. The summed E-state index contributed by atoms with van der Waals surface area (Å²) >= 11 is 10.4. The molecule has 4 rings (SSSR count). The van der Waals surface area contributed by atoms with E-state index >= 15 is 0 Å². The summed E-state index contributed by atoms with van der Waals surface area (Å²) in [4.78, 5) is 5.74. The number of rotatable bonds is 6. The van der Waals surface area contributed by atoms with Gasteiger partial charge in [0.1, 0.15) is 33.5 Å². The van der Waals surface area contributed by atoms with Crippen molar-refractivity contribution in [2.45, 2.75) is 49.1 Å². The Bertz CT molecular complexity index is 1680. The molecule has 6 nitrogen and oxygen atoms in total. The molecule has 0 aliphatic heterocycles. The predicted molar refractivity (Wildman–Crippen MR) is 137 cm³/mol. The molecule has 0 radical (unpaired) electrons. The van der Waals surface area contributed by atoms with Gasteiger partial charge in [-0.3, -0.25) is 0 Å². The molecule has 0 aliphatic carbocycles. The average Bonchev–Trinajstić information content (AvgIpc) is 3.47. The minimum absolute atomic E-state index is 0.00451. The van der Waals surface area contributed by atoms with E-state index in [1.54, 1.807) is 0 Å². The van der Waals surface area contributed by atoms with Crippen molar-refractivity contribution >= 4 is 35.0 Å². The van der Waals surface area contributed by atoms with Crippen molar-refractivity contribution in [3.05, 3.63) is 80.4 Å². The molecule has 4 aromatic rings. The van der Waals surface area contributed by atoms with Gasteiger partial charge in [0.15, 0.2) is 0 Å². The van der Waals surface area contributed by atoms with Crippen molar-refractivity contribution in [2.75, 3.05) is 0 Å². The molecule has 47 heavy (non-hydrogen) atoms. The first-order valence-electron chi connectivity index (χ1n) is 12.1. The van der Waals surface area contributed by atoms with Crippen LogP contribution in [0.3, 0.4) is 0 Å². The third kappa shape index (κ3) is 7.55. The van der Waals surface area contributed by atoms with Crippen molar-refractivity contribution in [3.63, 3.8) is 0 Å². The third-order valence-corrected chi connectivity index (χ3v) is 8.28.